The number of methoxy groups -OCH3 is 1. The molecule has 1 aromatic rings. The molecule has 1 saturated heterocycles. The van der Waals surface area contributed by atoms with Gasteiger partial charge in [-0.2, -0.15) is 4.31 Å². The molecule has 0 saturated carbocycles. The number of piperidine rings is 1. The molecule has 0 N–H and O–H groups in total. The van der Waals surface area contributed by atoms with Crippen molar-refractivity contribution in [2.45, 2.75) is 31.1 Å². The molecule has 1 fully saturated rings. The second-order valence-electron chi connectivity index (χ2n) is 5.91. The van der Waals surface area contributed by atoms with Gasteiger partial charge >= 0.3 is 0 Å². The third-order valence-corrected chi connectivity index (χ3v) is 6.24. The van der Waals surface area contributed by atoms with Crippen LogP contribution in [-0.4, -0.2) is 52.7 Å². The van der Waals surface area contributed by atoms with Gasteiger partial charge in [0.1, 0.15) is 0 Å². The standard InChI is InChI=1S/C17H27NO4S/c1-3-15-4-6-17(7-5-15)23(19,20)18-10-8-16(9-11-18)14-22-13-12-21-2/h4-7,16H,3,8-14H2,1-2H3. The van der Waals surface area contributed by atoms with Crippen molar-refractivity contribution in [2.24, 2.45) is 5.92 Å². The van der Waals surface area contributed by atoms with Crippen molar-refractivity contribution in [3.05, 3.63) is 29.8 Å². The highest BCUT2D eigenvalue weighted by atomic mass is 32.2. The molecule has 2 rings (SSSR count). The van der Waals surface area contributed by atoms with E-state index in [2.05, 4.69) is 6.92 Å². The monoisotopic (exact) mass is 341 g/mol. The number of hydrogen-bond acceptors (Lipinski definition) is 4. The van der Waals surface area contributed by atoms with Gasteiger partial charge in [-0.05, 0) is 42.9 Å². The molecule has 0 aliphatic carbocycles. The maximum atomic E-state index is 12.7. The van der Waals surface area contributed by atoms with Crippen LogP contribution in [0.25, 0.3) is 0 Å². The average molecular weight is 341 g/mol. The Morgan fingerprint density at radius 2 is 1.78 bits per heavy atom. The van der Waals surface area contributed by atoms with Gasteiger partial charge in [0.15, 0.2) is 0 Å². The summed E-state index contributed by atoms with van der Waals surface area (Å²) in [4.78, 5) is 0.393. The minimum Gasteiger partial charge on any atom is -0.382 e. The number of rotatable bonds is 8. The zero-order valence-electron chi connectivity index (χ0n) is 14.0. The van der Waals surface area contributed by atoms with E-state index in [1.54, 1.807) is 23.5 Å². The Kier molecular flexibility index (Phi) is 7.02. The van der Waals surface area contributed by atoms with Gasteiger partial charge in [0.05, 0.1) is 18.1 Å². The molecule has 1 aliphatic heterocycles. The third kappa shape index (κ3) is 5.01. The van der Waals surface area contributed by atoms with E-state index in [1.165, 1.54) is 0 Å². The molecule has 0 amide bonds. The fourth-order valence-electron chi connectivity index (χ4n) is 2.75. The first-order chi connectivity index (χ1) is 11.1. The quantitative estimate of drug-likeness (QED) is 0.681. The molecule has 0 aromatic heterocycles. The molecule has 130 valence electrons. The van der Waals surface area contributed by atoms with Crippen molar-refractivity contribution in [1.82, 2.24) is 4.31 Å². The maximum Gasteiger partial charge on any atom is 0.243 e. The van der Waals surface area contributed by atoms with Crippen LogP contribution in [0, 0.1) is 5.92 Å². The summed E-state index contributed by atoms with van der Waals surface area (Å²) in [6, 6.07) is 7.22. The first kappa shape index (κ1) is 18.4. The van der Waals surface area contributed by atoms with Gasteiger partial charge in [-0.25, -0.2) is 8.42 Å². The molecule has 0 atom stereocenters. The molecule has 23 heavy (non-hydrogen) atoms. The van der Waals surface area contributed by atoms with Gasteiger partial charge < -0.3 is 9.47 Å². The van der Waals surface area contributed by atoms with Crippen molar-refractivity contribution >= 4 is 10.0 Å². The Hall–Kier alpha value is -0.950. The summed E-state index contributed by atoms with van der Waals surface area (Å²) in [5.74, 6) is 0.431. The molecule has 0 radical (unpaired) electrons. The largest absolute Gasteiger partial charge is 0.382 e. The van der Waals surface area contributed by atoms with Crippen LogP contribution >= 0.6 is 0 Å². The Morgan fingerprint density at radius 3 is 2.35 bits per heavy atom. The van der Waals surface area contributed by atoms with E-state index in [0.717, 1.165) is 24.8 Å². The summed E-state index contributed by atoms with van der Waals surface area (Å²) in [5, 5.41) is 0. The average Bonchev–Trinajstić information content (AvgIpc) is 2.59. The van der Waals surface area contributed by atoms with Gasteiger partial charge in [0, 0.05) is 26.8 Å². The second-order valence-corrected chi connectivity index (χ2v) is 7.85. The summed E-state index contributed by atoms with van der Waals surface area (Å²) in [6.07, 6.45) is 2.60. The summed E-state index contributed by atoms with van der Waals surface area (Å²) in [6.45, 7) is 5.07. The van der Waals surface area contributed by atoms with Gasteiger partial charge in [-0.15, -0.1) is 0 Å². The Labute approximate surface area is 139 Å². The Balaban J connectivity index is 1.87. The predicted molar refractivity (Wildman–Crippen MR) is 90.0 cm³/mol. The van der Waals surface area contributed by atoms with E-state index < -0.39 is 10.0 Å². The van der Waals surface area contributed by atoms with Crippen LogP contribution in [0.15, 0.2) is 29.2 Å². The summed E-state index contributed by atoms with van der Waals surface area (Å²) < 4.78 is 37.4. The fourth-order valence-corrected chi connectivity index (χ4v) is 4.22. The summed E-state index contributed by atoms with van der Waals surface area (Å²) in [7, 11) is -1.71. The third-order valence-electron chi connectivity index (χ3n) is 4.33. The lowest BCUT2D eigenvalue weighted by molar-refractivity contribution is 0.0410. The molecule has 0 spiro atoms. The molecule has 0 bridgehead atoms. The number of aryl methyl sites for hydroxylation is 1. The van der Waals surface area contributed by atoms with Crippen molar-refractivity contribution in [1.29, 1.82) is 0 Å². The summed E-state index contributed by atoms with van der Waals surface area (Å²) in [5.41, 5.74) is 1.15. The number of benzene rings is 1. The van der Waals surface area contributed by atoms with Crippen LogP contribution in [0.3, 0.4) is 0 Å². The lowest BCUT2D eigenvalue weighted by Gasteiger charge is -2.31. The van der Waals surface area contributed by atoms with Crippen molar-refractivity contribution < 1.29 is 17.9 Å². The smallest absolute Gasteiger partial charge is 0.243 e. The highest BCUT2D eigenvalue weighted by molar-refractivity contribution is 7.89. The first-order valence-electron chi connectivity index (χ1n) is 8.23. The molecular formula is C17H27NO4S. The predicted octanol–water partition coefficient (Wildman–Crippen LogP) is 2.31. The zero-order valence-corrected chi connectivity index (χ0v) is 14.8. The Bertz CT molecular complexity index is 563. The minimum absolute atomic E-state index is 0.393. The molecule has 1 heterocycles. The van der Waals surface area contributed by atoms with Gasteiger partial charge in [0.2, 0.25) is 10.0 Å². The van der Waals surface area contributed by atoms with Crippen LogP contribution in [0.1, 0.15) is 25.3 Å². The second kappa shape index (κ2) is 8.78. The van der Waals surface area contributed by atoms with Crippen LogP contribution in [-0.2, 0) is 25.9 Å². The Morgan fingerprint density at radius 1 is 1.13 bits per heavy atom. The molecule has 0 unspecified atom stereocenters. The topological polar surface area (TPSA) is 55.8 Å². The van der Waals surface area contributed by atoms with E-state index >= 15 is 0 Å². The molecular weight excluding hydrogens is 314 g/mol. The molecule has 5 nitrogen and oxygen atoms in total. The van der Waals surface area contributed by atoms with Crippen molar-refractivity contribution in [2.75, 3.05) is 40.0 Å². The highest BCUT2D eigenvalue weighted by Crippen LogP contribution is 2.24. The lowest BCUT2D eigenvalue weighted by Crippen LogP contribution is -2.39. The van der Waals surface area contributed by atoms with Gasteiger partial charge in [-0.3, -0.25) is 0 Å². The highest BCUT2D eigenvalue weighted by Gasteiger charge is 2.29. The lowest BCUT2D eigenvalue weighted by atomic mass is 9.99. The van der Waals surface area contributed by atoms with Crippen molar-refractivity contribution in [3.63, 3.8) is 0 Å². The normalized spacial score (nSPS) is 17.5. The molecule has 1 aliphatic rings. The van der Waals surface area contributed by atoms with Crippen LogP contribution in [0.2, 0.25) is 0 Å². The number of nitrogens with zero attached hydrogens (tertiary/aromatic N) is 1. The van der Waals surface area contributed by atoms with Crippen LogP contribution in [0.4, 0.5) is 0 Å². The zero-order chi connectivity index (χ0) is 16.7. The van der Waals surface area contributed by atoms with Crippen LogP contribution in [0.5, 0.6) is 0 Å². The first-order valence-corrected chi connectivity index (χ1v) is 9.67. The SMILES string of the molecule is CCc1ccc(S(=O)(=O)N2CCC(COCCOC)CC2)cc1. The van der Waals surface area contributed by atoms with E-state index in [-0.39, 0.29) is 0 Å². The minimum atomic E-state index is -3.37. The van der Waals surface area contributed by atoms with Gasteiger partial charge in [0.25, 0.3) is 0 Å². The summed E-state index contributed by atoms with van der Waals surface area (Å²) >= 11 is 0. The maximum absolute atomic E-state index is 12.7. The van der Waals surface area contributed by atoms with Gasteiger partial charge in [-0.1, -0.05) is 19.1 Å². The van der Waals surface area contributed by atoms with Crippen LogP contribution < -0.4 is 0 Å². The van der Waals surface area contributed by atoms with Crippen molar-refractivity contribution in [3.8, 4) is 0 Å². The molecule has 6 heteroatoms. The number of hydrogen-bond donors (Lipinski definition) is 0. The molecule has 1 aromatic carbocycles. The number of ether oxygens (including phenoxy) is 2. The fraction of sp³-hybridized carbons (Fsp3) is 0.647. The van der Waals surface area contributed by atoms with E-state index in [0.29, 0.717) is 43.7 Å². The van der Waals surface area contributed by atoms with E-state index in [1.807, 2.05) is 12.1 Å². The van der Waals surface area contributed by atoms with E-state index in [9.17, 15) is 8.42 Å². The number of sulfonamides is 1. The van der Waals surface area contributed by atoms with E-state index in [4.69, 9.17) is 9.47 Å².